The summed E-state index contributed by atoms with van der Waals surface area (Å²) in [6, 6.07) is 0. The zero-order valence-electron chi connectivity index (χ0n) is 7.22. The van der Waals surface area contributed by atoms with E-state index in [-0.39, 0.29) is 56.4 Å². The predicted molar refractivity (Wildman–Crippen MR) is 55.0 cm³/mol. The normalized spacial score (nSPS) is 15.0. The Hall–Kier alpha value is 1.47. The van der Waals surface area contributed by atoms with E-state index in [4.69, 9.17) is 21.3 Å². The molecule has 0 aromatic carbocycles. The van der Waals surface area contributed by atoms with Crippen LogP contribution in [0, 0.1) is 5.92 Å². The van der Waals surface area contributed by atoms with Crippen LogP contribution >= 0.6 is 11.9 Å². The van der Waals surface area contributed by atoms with Crippen molar-refractivity contribution in [2.24, 2.45) is 5.92 Å². The second kappa shape index (κ2) is 10.5. The van der Waals surface area contributed by atoms with E-state index in [2.05, 4.69) is 6.92 Å². The van der Waals surface area contributed by atoms with E-state index in [0.717, 1.165) is 19.3 Å². The monoisotopic (exact) mass is 222 g/mol. The van der Waals surface area contributed by atoms with Crippen LogP contribution in [0.5, 0.6) is 0 Å². The summed E-state index contributed by atoms with van der Waals surface area (Å²) >= 11 is 5.29. The fraction of sp³-hybridized carbons (Fsp3) is 1.00. The van der Waals surface area contributed by atoms with Gasteiger partial charge in [-0.3, -0.25) is 4.29 Å². The molecule has 0 rings (SSSR count). The van der Waals surface area contributed by atoms with Crippen molar-refractivity contribution in [1.82, 2.24) is 0 Å². The molecule has 0 heterocycles. The molecule has 0 aliphatic rings. The molecule has 0 amide bonds. The van der Waals surface area contributed by atoms with Crippen molar-refractivity contribution in [1.29, 1.82) is 0 Å². The van der Waals surface area contributed by atoms with Crippen LogP contribution in [-0.2, 0) is 4.29 Å². The zero-order chi connectivity index (χ0) is 8.69. The number of hydrogen-bond acceptors (Lipinski definition) is 2. The fourth-order valence-corrected chi connectivity index (χ4v) is 1.38. The first-order chi connectivity index (χ1) is 5.29. The van der Waals surface area contributed by atoms with E-state index in [1.165, 1.54) is 0 Å². The fourth-order valence-electron chi connectivity index (χ4n) is 1.15. The van der Waals surface area contributed by atoms with Gasteiger partial charge in [-0.15, -0.1) is 0 Å². The molecule has 0 aromatic rings. The molecule has 0 aliphatic carbocycles. The Labute approximate surface area is 110 Å². The number of rotatable bonds is 6. The second-order valence-electron chi connectivity index (χ2n) is 2.77. The summed E-state index contributed by atoms with van der Waals surface area (Å²) in [4.78, 5) is 0. The molecule has 0 aliphatic heterocycles. The molecule has 1 N–H and O–H groups in total. The van der Waals surface area contributed by atoms with Crippen LogP contribution in [0.15, 0.2) is 0 Å². The molecule has 4 heteroatoms. The van der Waals surface area contributed by atoms with Crippen molar-refractivity contribution in [3.05, 3.63) is 0 Å². The Bertz CT molecular complexity index is 89.1. The van der Waals surface area contributed by atoms with Gasteiger partial charge in [0, 0.05) is 12.5 Å². The van der Waals surface area contributed by atoms with E-state index < -0.39 is 0 Å². The standard InChI is InChI=1S/C8H17ClO2.Ca.2H/c1-3-5-8(11-9)7(4-2)6-10;;;/h7-8,10H,3-6H2,1-2H3;;;. The number of halogens is 1. The summed E-state index contributed by atoms with van der Waals surface area (Å²) in [6.45, 7) is 4.26. The summed E-state index contributed by atoms with van der Waals surface area (Å²) in [5.41, 5.74) is 0. The molecule has 0 saturated heterocycles. The summed E-state index contributed by atoms with van der Waals surface area (Å²) < 4.78 is 4.75. The van der Waals surface area contributed by atoms with Gasteiger partial charge in [-0.05, 0) is 12.8 Å². The van der Waals surface area contributed by atoms with Crippen molar-refractivity contribution in [2.75, 3.05) is 6.61 Å². The van der Waals surface area contributed by atoms with Gasteiger partial charge in [0.2, 0.25) is 0 Å². The number of aliphatic hydroxyl groups is 1. The minimum atomic E-state index is 0. The summed E-state index contributed by atoms with van der Waals surface area (Å²) in [5, 5.41) is 8.92. The van der Waals surface area contributed by atoms with Crippen LogP contribution in [-0.4, -0.2) is 55.6 Å². The van der Waals surface area contributed by atoms with Gasteiger partial charge in [0.1, 0.15) is 0 Å². The van der Waals surface area contributed by atoms with Crippen LogP contribution in [0.3, 0.4) is 0 Å². The van der Waals surface area contributed by atoms with Crippen molar-refractivity contribution < 1.29 is 9.40 Å². The molecule has 0 fully saturated rings. The van der Waals surface area contributed by atoms with Gasteiger partial charge in [0.25, 0.3) is 0 Å². The first-order valence-corrected chi connectivity index (χ1v) is 4.49. The van der Waals surface area contributed by atoms with Gasteiger partial charge in [0.15, 0.2) is 0 Å². The Balaban J connectivity index is 0. The van der Waals surface area contributed by atoms with Crippen molar-refractivity contribution >= 4 is 49.6 Å². The maximum atomic E-state index is 8.92. The second-order valence-corrected chi connectivity index (χ2v) is 2.95. The van der Waals surface area contributed by atoms with Crippen molar-refractivity contribution in [3.63, 3.8) is 0 Å². The topological polar surface area (TPSA) is 29.5 Å². The molecule has 0 saturated carbocycles. The van der Waals surface area contributed by atoms with E-state index >= 15 is 0 Å². The van der Waals surface area contributed by atoms with E-state index in [9.17, 15) is 0 Å². The number of aliphatic hydroxyl groups excluding tert-OH is 1. The molecule has 72 valence electrons. The molecule has 0 radical (unpaired) electrons. The molecule has 2 atom stereocenters. The summed E-state index contributed by atoms with van der Waals surface area (Å²) in [5.74, 6) is 0.187. The van der Waals surface area contributed by atoms with Crippen LogP contribution in [0.25, 0.3) is 0 Å². The molecule has 0 spiro atoms. The van der Waals surface area contributed by atoms with Crippen LogP contribution in [0.4, 0.5) is 0 Å². The Morgan fingerprint density at radius 3 is 2.25 bits per heavy atom. The van der Waals surface area contributed by atoms with E-state index in [0.29, 0.717) is 0 Å². The molecule has 0 aromatic heterocycles. The Kier molecular flexibility index (Phi) is 14.0. The van der Waals surface area contributed by atoms with Gasteiger partial charge >= 0.3 is 37.7 Å². The Morgan fingerprint density at radius 1 is 1.42 bits per heavy atom. The van der Waals surface area contributed by atoms with Crippen LogP contribution in [0.1, 0.15) is 33.1 Å². The van der Waals surface area contributed by atoms with Crippen LogP contribution in [0.2, 0.25) is 0 Å². The third-order valence-electron chi connectivity index (χ3n) is 1.97. The molecular formula is C8H19CaClO2. The van der Waals surface area contributed by atoms with E-state index in [1.54, 1.807) is 0 Å². The SMILES string of the molecule is CCCC(OCl)C(CC)CO.[CaH2]. The average molecular weight is 223 g/mol. The van der Waals surface area contributed by atoms with Gasteiger partial charge < -0.3 is 5.11 Å². The van der Waals surface area contributed by atoms with Gasteiger partial charge in [-0.2, -0.15) is 0 Å². The molecule has 12 heavy (non-hydrogen) atoms. The van der Waals surface area contributed by atoms with Crippen LogP contribution < -0.4 is 0 Å². The van der Waals surface area contributed by atoms with Gasteiger partial charge in [-0.1, -0.05) is 20.3 Å². The third kappa shape index (κ3) is 6.00. The molecule has 2 nitrogen and oxygen atoms in total. The quantitative estimate of drug-likeness (QED) is 0.689. The molecule has 2 unspecified atom stereocenters. The third-order valence-corrected chi connectivity index (χ3v) is 2.20. The summed E-state index contributed by atoms with van der Waals surface area (Å²) in [6.07, 6.45) is 2.88. The van der Waals surface area contributed by atoms with Crippen molar-refractivity contribution in [3.8, 4) is 0 Å². The van der Waals surface area contributed by atoms with Crippen molar-refractivity contribution in [2.45, 2.75) is 39.2 Å². The van der Waals surface area contributed by atoms with E-state index in [1.807, 2.05) is 6.92 Å². The summed E-state index contributed by atoms with van der Waals surface area (Å²) in [7, 11) is 0. The molecular weight excluding hydrogens is 204 g/mol. The first kappa shape index (κ1) is 15.9. The van der Waals surface area contributed by atoms with Gasteiger partial charge in [-0.25, -0.2) is 0 Å². The Morgan fingerprint density at radius 2 is 2.00 bits per heavy atom. The molecule has 0 bridgehead atoms. The maximum absolute atomic E-state index is 8.92. The predicted octanol–water partition coefficient (Wildman–Crippen LogP) is 1.43. The number of hydrogen-bond donors (Lipinski definition) is 1. The average Bonchev–Trinajstić information content (AvgIpc) is 2.05. The zero-order valence-corrected chi connectivity index (χ0v) is 7.97. The van der Waals surface area contributed by atoms with Gasteiger partial charge in [0.05, 0.1) is 18.0 Å². The minimum absolute atomic E-state index is 0. The first-order valence-electron chi connectivity index (χ1n) is 4.18.